The third-order valence-corrected chi connectivity index (χ3v) is 5.83. The molecule has 2 heterocycles. The Balaban J connectivity index is 1.57. The van der Waals surface area contributed by atoms with E-state index in [9.17, 15) is 13.2 Å². The normalized spacial score (nSPS) is 17.8. The van der Waals surface area contributed by atoms with Crippen molar-refractivity contribution in [1.29, 1.82) is 0 Å². The molecule has 0 spiro atoms. The molecule has 0 saturated carbocycles. The van der Waals surface area contributed by atoms with Crippen LogP contribution in [0.4, 0.5) is 13.2 Å². The lowest BCUT2D eigenvalue weighted by atomic mass is 10.1. The summed E-state index contributed by atoms with van der Waals surface area (Å²) in [5.41, 5.74) is 0.656. The van der Waals surface area contributed by atoms with E-state index in [4.69, 9.17) is 0 Å². The second-order valence-electron chi connectivity index (χ2n) is 4.75. The van der Waals surface area contributed by atoms with Crippen molar-refractivity contribution in [3.05, 3.63) is 53.7 Å². The fraction of sp³-hybridized carbons (Fsp3) is 0.267. The quantitative estimate of drug-likeness (QED) is 0.744. The van der Waals surface area contributed by atoms with Gasteiger partial charge in [0.25, 0.3) is 0 Å². The SMILES string of the molecule is FC(F)(F)c1ccc(SCC2Cc3ccccc3S2)nc1. The van der Waals surface area contributed by atoms with E-state index in [1.54, 1.807) is 0 Å². The summed E-state index contributed by atoms with van der Waals surface area (Å²) in [6.45, 7) is 0. The van der Waals surface area contributed by atoms with Gasteiger partial charge in [-0.15, -0.1) is 23.5 Å². The van der Waals surface area contributed by atoms with Gasteiger partial charge in [0.1, 0.15) is 0 Å². The number of rotatable bonds is 3. The Morgan fingerprint density at radius 3 is 2.67 bits per heavy atom. The minimum absolute atomic E-state index is 0.455. The van der Waals surface area contributed by atoms with Crippen LogP contribution in [0.2, 0.25) is 0 Å². The Morgan fingerprint density at radius 2 is 2.00 bits per heavy atom. The van der Waals surface area contributed by atoms with Gasteiger partial charge in [0.05, 0.1) is 10.6 Å². The molecule has 1 aromatic carbocycles. The third kappa shape index (κ3) is 3.55. The van der Waals surface area contributed by atoms with Crippen LogP contribution in [0.1, 0.15) is 11.1 Å². The Hall–Kier alpha value is -1.14. The molecular weight excluding hydrogens is 315 g/mol. The standard InChI is InChI=1S/C15H12F3NS2/c16-15(17,18)11-5-6-14(19-8-11)20-9-12-7-10-3-1-2-4-13(10)21-12/h1-6,8,12H,7,9H2. The molecule has 0 aliphatic carbocycles. The average Bonchev–Trinajstić information content (AvgIpc) is 2.87. The van der Waals surface area contributed by atoms with E-state index in [1.165, 1.54) is 28.3 Å². The van der Waals surface area contributed by atoms with Crippen LogP contribution in [-0.4, -0.2) is 16.0 Å². The molecule has 3 rings (SSSR count). The summed E-state index contributed by atoms with van der Waals surface area (Å²) in [6.07, 6.45) is -2.41. The summed E-state index contributed by atoms with van der Waals surface area (Å²) in [5, 5.41) is 1.09. The van der Waals surface area contributed by atoms with Gasteiger partial charge in [0.2, 0.25) is 0 Å². The van der Waals surface area contributed by atoms with Crippen molar-refractivity contribution in [2.45, 2.75) is 27.8 Å². The van der Waals surface area contributed by atoms with Crippen molar-refractivity contribution in [2.75, 3.05) is 5.75 Å². The smallest absolute Gasteiger partial charge is 0.249 e. The van der Waals surface area contributed by atoms with E-state index in [-0.39, 0.29) is 0 Å². The van der Waals surface area contributed by atoms with E-state index in [0.29, 0.717) is 10.3 Å². The monoisotopic (exact) mass is 327 g/mol. The van der Waals surface area contributed by atoms with Crippen LogP contribution in [-0.2, 0) is 12.6 Å². The average molecular weight is 327 g/mol. The van der Waals surface area contributed by atoms with Crippen molar-refractivity contribution in [1.82, 2.24) is 4.98 Å². The van der Waals surface area contributed by atoms with Gasteiger partial charge in [-0.3, -0.25) is 0 Å². The molecule has 0 fully saturated rings. The number of hydrogen-bond acceptors (Lipinski definition) is 3. The summed E-state index contributed by atoms with van der Waals surface area (Å²) in [4.78, 5) is 5.20. The van der Waals surface area contributed by atoms with Crippen LogP contribution in [0, 0.1) is 0 Å². The fourth-order valence-electron chi connectivity index (χ4n) is 2.16. The number of halogens is 3. The maximum Gasteiger partial charge on any atom is 0.417 e. The first-order chi connectivity index (χ1) is 10.0. The first-order valence-corrected chi connectivity index (χ1v) is 8.29. The van der Waals surface area contributed by atoms with Crippen molar-refractivity contribution in [3.63, 3.8) is 0 Å². The zero-order valence-corrected chi connectivity index (χ0v) is 12.6. The van der Waals surface area contributed by atoms with Crippen LogP contribution in [0.3, 0.4) is 0 Å². The van der Waals surface area contributed by atoms with E-state index in [1.807, 2.05) is 23.9 Å². The van der Waals surface area contributed by atoms with Crippen LogP contribution < -0.4 is 0 Å². The number of thioether (sulfide) groups is 2. The largest absolute Gasteiger partial charge is 0.417 e. The van der Waals surface area contributed by atoms with Crippen LogP contribution in [0.5, 0.6) is 0 Å². The highest BCUT2D eigenvalue weighted by Gasteiger charge is 2.30. The van der Waals surface area contributed by atoms with Gasteiger partial charge in [0.15, 0.2) is 0 Å². The lowest BCUT2D eigenvalue weighted by molar-refractivity contribution is -0.137. The molecule has 21 heavy (non-hydrogen) atoms. The molecule has 0 N–H and O–H groups in total. The van der Waals surface area contributed by atoms with Crippen molar-refractivity contribution >= 4 is 23.5 Å². The molecule has 1 nitrogen and oxygen atoms in total. The van der Waals surface area contributed by atoms with Gasteiger partial charge in [-0.2, -0.15) is 13.2 Å². The molecule has 0 radical (unpaired) electrons. The zero-order chi connectivity index (χ0) is 14.9. The van der Waals surface area contributed by atoms with Crippen LogP contribution in [0.25, 0.3) is 0 Å². The summed E-state index contributed by atoms with van der Waals surface area (Å²) in [7, 11) is 0. The van der Waals surface area contributed by atoms with Gasteiger partial charge >= 0.3 is 6.18 Å². The van der Waals surface area contributed by atoms with Crippen LogP contribution >= 0.6 is 23.5 Å². The zero-order valence-electron chi connectivity index (χ0n) is 10.9. The van der Waals surface area contributed by atoms with Gasteiger partial charge < -0.3 is 0 Å². The molecule has 1 unspecified atom stereocenters. The number of fused-ring (bicyclic) bond motifs is 1. The second kappa shape index (κ2) is 5.93. The van der Waals surface area contributed by atoms with Gasteiger partial charge in [-0.1, -0.05) is 18.2 Å². The molecule has 0 bridgehead atoms. The molecule has 1 atom stereocenters. The Morgan fingerprint density at radius 1 is 1.19 bits per heavy atom. The maximum atomic E-state index is 12.5. The van der Waals surface area contributed by atoms with E-state index in [2.05, 4.69) is 17.1 Å². The number of aromatic nitrogens is 1. The molecule has 6 heteroatoms. The van der Waals surface area contributed by atoms with E-state index in [0.717, 1.165) is 24.4 Å². The predicted octanol–water partition coefficient (Wildman–Crippen LogP) is 4.91. The molecule has 1 aromatic heterocycles. The summed E-state index contributed by atoms with van der Waals surface area (Å²) in [6, 6.07) is 10.8. The molecule has 1 aliphatic rings. The first-order valence-electron chi connectivity index (χ1n) is 6.43. The fourth-order valence-corrected chi connectivity index (χ4v) is 4.48. The number of hydrogen-bond donors (Lipinski definition) is 0. The highest BCUT2D eigenvalue weighted by atomic mass is 32.2. The minimum atomic E-state index is -4.32. The lowest BCUT2D eigenvalue weighted by Crippen LogP contribution is -2.06. The third-order valence-electron chi connectivity index (χ3n) is 3.19. The summed E-state index contributed by atoms with van der Waals surface area (Å²) >= 11 is 3.34. The molecule has 110 valence electrons. The Bertz CT molecular complexity index is 601. The second-order valence-corrected chi connectivity index (χ2v) is 7.13. The number of nitrogens with zero attached hydrogens (tertiary/aromatic N) is 1. The highest BCUT2D eigenvalue weighted by molar-refractivity contribution is 8.03. The highest BCUT2D eigenvalue weighted by Crippen LogP contribution is 2.39. The van der Waals surface area contributed by atoms with Crippen molar-refractivity contribution in [3.8, 4) is 0 Å². The van der Waals surface area contributed by atoms with Gasteiger partial charge in [-0.05, 0) is 30.2 Å². The lowest BCUT2D eigenvalue weighted by Gasteiger charge is -2.09. The Labute approximate surface area is 129 Å². The van der Waals surface area contributed by atoms with E-state index >= 15 is 0 Å². The molecule has 0 saturated heterocycles. The van der Waals surface area contributed by atoms with Gasteiger partial charge in [0, 0.05) is 22.1 Å². The van der Waals surface area contributed by atoms with Crippen LogP contribution in [0.15, 0.2) is 52.5 Å². The van der Waals surface area contributed by atoms with Crippen molar-refractivity contribution in [2.24, 2.45) is 0 Å². The molecule has 2 aromatic rings. The molecule has 1 aliphatic heterocycles. The summed E-state index contributed by atoms with van der Waals surface area (Å²) in [5.74, 6) is 0.845. The molecular formula is C15H12F3NS2. The van der Waals surface area contributed by atoms with Crippen molar-refractivity contribution < 1.29 is 13.2 Å². The molecule has 0 amide bonds. The first kappa shape index (κ1) is 14.8. The minimum Gasteiger partial charge on any atom is -0.249 e. The number of pyridine rings is 1. The predicted molar refractivity (Wildman–Crippen MR) is 79.8 cm³/mol. The van der Waals surface area contributed by atoms with Gasteiger partial charge in [-0.25, -0.2) is 4.98 Å². The Kier molecular flexibility index (Phi) is 4.17. The summed E-state index contributed by atoms with van der Waals surface area (Å²) < 4.78 is 37.4. The number of benzene rings is 1. The topological polar surface area (TPSA) is 12.9 Å². The van der Waals surface area contributed by atoms with E-state index < -0.39 is 11.7 Å². The maximum absolute atomic E-state index is 12.5. The number of alkyl halides is 3.